The van der Waals surface area contributed by atoms with Crippen molar-refractivity contribution < 1.29 is 22.4 Å². The van der Waals surface area contributed by atoms with Crippen LogP contribution in [0.2, 0.25) is 0 Å². The van der Waals surface area contributed by atoms with Gasteiger partial charge in [0.25, 0.3) is 0 Å². The number of amides is 2. The Hall–Kier alpha value is -2.63. The SMILES string of the molecule is O=C(N1CC2(CC(n3cnc(C4CC4)n3)C2)C1)N1CC2(CN(Cc3ncoc3C(F)(F)F)C2)C1. The summed E-state index contributed by atoms with van der Waals surface area (Å²) in [6.07, 6.45) is 2.67. The van der Waals surface area contributed by atoms with Gasteiger partial charge in [-0.3, -0.25) is 4.90 Å². The van der Waals surface area contributed by atoms with Crippen LogP contribution in [0.3, 0.4) is 0 Å². The predicted octanol–water partition coefficient (Wildman–Crippen LogP) is 2.74. The van der Waals surface area contributed by atoms with Crippen LogP contribution in [0.15, 0.2) is 17.1 Å². The minimum Gasteiger partial charge on any atom is -0.439 e. The zero-order chi connectivity index (χ0) is 23.3. The molecule has 3 saturated heterocycles. The lowest BCUT2D eigenvalue weighted by Gasteiger charge is -2.63. The Morgan fingerprint density at radius 2 is 1.71 bits per heavy atom. The van der Waals surface area contributed by atoms with E-state index in [4.69, 9.17) is 0 Å². The van der Waals surface area contributed by atoms with Gasteiger partial charge in [-0.25, -0.2) is 19.4 Å². The molecule has 12 heteroatoms. The summed E-state index contributed by atoms with van der Waals surface area (Å²) in [5, 5.41) is 4.65. The molecule has 0 bridgehead atoms. The molecule has 0 N–H and O–H groups in total. The normalized spacial score (nSPS) is 25.7. The largest absolute Gasteiger partial charge is 0.451 e. The zero-order valence-electron chi connectivity index (χ0n) is 18.7. The maximum atomic E-state index is 13.0. The standard InChI is InChI=1S/C22H26F3N7O2/c23-22(24,25)17-16(27-13-34-17)5-29-6-21(7-29)10-31(11-21)19(33)30-8-20(9-30)3-15(4-20)32-12-26-18(28-32)14-1-2-14/h12-15H,1-11H2. The number of nitrogens with zero attached hydrogens (tertiary/aromatic N) is 7. The zero-order valence-corrected chi connectivity index (χ0v) is 18.7. The summed E-state index contributed by atoms with van der Waals surface area (Å²) in [6.45, 7) is 4.40. The van der Waals surface area contributed by atoms with Crippen LogP contribution in [-0.2, 0) is 12.7 Å². The highest BCUT2D eigenvalue weighted by atomic mass is 19.4. The van der Waals surface area contributed by atoms with Gasteiger partial charge in [0.05, 0.1) is 6.04 Å². The summed E-state index contributed by atoms with van der Waals surface area (Å²) in [7, 11) is 0. The first kappa shape index (κ1) is 20.7. The van der Waals surface area contributed by atoms with E-state index in [1.54, 1.807) is 0 Å². The number of aromatic nitrogens is 4. The molecule has 5 aliphatic rings. The van der Waals surface area contributed by atoms with Crippen LogP contribution in [0, 0.1) is 10.8 Å². The lowest BCUT2D eigenvalue weighted by atomic mass is 9.60. The Kier molecular flexibility index (Phi) is 4.10. The minimum atomic E-state index is -4.53. The Morgan fingerprint density at radius 1 is 1.03 bits per heavy atom. The molecule has 7 rings (SSSR count). The Labute approximate surface area is 193 Å². The number of urea groups is 1. The molecule has 9 nitrogen and oxygen atoms in total. The molecule has 3 aliphatic heterocycles. The molecule has 0 radical (unpaired) electrons. The van der Waals surface area contributed by atoms with Gasteiger partial charge in [0.1, 0.15) is 12.0 Å². The Balaban J connectivity index is 0.856. The molecule has 182 valence electrons. The second-order valence-electron chi connectivity index (χ2n) is 11.2. The average Bonchev–Trinajstić information content (AvgIpc) is 3.19. The quantitative estimate of drug-likeness (QED) is 0.674. The van der Waals surface area contributed by atoms with Crippen LogP contribution < -0.4 is 0 Å². The van der Waals surface area contributed by atoms with Crippen LogP contribution >= 0.6 is 0 Å². The molecule has 2 aliphatic carbocycles. The van der Waals surface area contributed by atoms with Gasteiger partial charge in [-0.05, 0) is 25.7 Å². The molecule has 0 aromatic carbocycles. The van der Waals surface area contributed by atoms with Crippen molar-refractivity contribution in [3.05, 3.63) is 30.0 Å². The van der Waals surface area contributed by atoms with E-state index in [0.29, 0.717) is 38.1 Å². The second-order valence-corrected chi connectivity index (χ2v) is 11.2. The number of carbonyl (C=O) groups excluding carboxylic acids is 1. The molecule has 5 fully saturated rings. The van der Waals surface area contributed by atoms with Crippen LogP contribution in [0.1, 0.15) is 54.9 Å². The van der Waals surface area contributed by atoms with E-state index in [1.165, 1.54) is 12.8 Å². The first-order valence-electron chi connectivity index (χ1n) is 11.9. The molecular formula is C22H26F3N7O2. The van der Waals surface area contributed by atoms with Crippen LogP contribution in [-0.4, -0.2) is 79.7 Å². The van der Waals surface area contributed by atoms with E-state index in [0.717, 1.165) is 38.1 Å². The number of carbonyl (C=O) groups is 1. The van der Waals surface area contributed by atoms with Crippen LogP contribution in [0.4, 0.5) is 18.0 Å². The molecule has 5 heterocycles. The van der Waals surface area contributed by atoms with Crippen molar-refractivity contribution in [1.29, 1.82) is 0 Å². The summed E-state index contributed by atoms with van der Waals surface area (Å²) in [4.78, 5) is 26.8. The summed E-state index contributed by atoms with van der Waals surface area (Å²) in [5.74, 6) is 0.528. The average molecular weight is 477 g/mol. The second kappa shape index (κ2) is 6.73. The first-order chi connectivity index (χ1) is 16.2. The van der Waals surface area contributed by atoms with Gasteiger partial charge in [-0.15, -0.1) is 0 Å². The fourth-order valence-corrected chi connectivity index (χ4v) is 6.41. The summed E-state index contributed by atoms with van der Waals surface area (Å²) >= 11 is 0. The number of halogens is 3. The lowest BCUT2D eigenvalue weighted by Crippen LogP contribution is -2.75. The molecule has 0 unspecified atom stereocenters. The maximum Gasteiger partial charge on any atom is 0.451 e. The smallest absolute Gasteiger partial charge is 0.439 e. The Morgan fingerprint density at radius 3 is 2.35 bits per heavy atom. The van der Waals surface area contributed by atoms with Crippen molar-refractivity contribution in [2.45, 2.75) is 50.4 Å². The number of alkyl halides is 3. The minimum absolute atomic E-state index is 0.00820. The molecule has 34 heavy (non-hydrogen) atoms. The highest BCUT2D eigenvalue weighted by Gasteiger charge is 2.58. The third-order valence-electron chi connectivity index (χ3n) is 8.22. The summed E-state index contributed by atoms with van der Waals surface area (Å²) < 4.78 is 45.4. The van der Waals surface area contributed by atoms with E-state index in [-0.39, 0.29) is 29.1 Å². The molecule has 2 amide bonds. The van der Waals surface area contributed by atoms with E-state index < -0.39 is 11.9 Å². The number of likely N-dealkylation sites (tertiary alicyclic amines) is 3. The topological polar surface area (TPSA) is 83.5 Å². The van der Waals surface area contributed by atoms with Crippen LogP contribution in [0.5, 0.6) is 0 Å². The van der Waals surface area contributed by atoms with Crippen LogP contribution in [0.25, 0.3) is 0 Å². The van der Waals surface area contributed by atoms with Crippen molar-refractivity contribution >= 4 is 6.03 Å². The summed E-state index contributed by atoms with van der Waals surface area (Å²) in [5.41, 5.74) is 0.165. The van der Waals surface area contributed by atoms with Gasteiger partial charge in [0.2, 0.25) is 5.76 Å². The van der Waals surface area contributed by atoms with Gasteiger partial charge < -0.3 is 14.2 Å². The molecule has 2 aromatic heterocycles. The third kappa shape index (κ3) is 3.24. The fourth-order valence-electron chi connectivity index (χ4n) is 6.41. The van der Waals surface area contributed by atoms with Gasteiger partial charge in [-0.1, -0.05) is 0 Å². The molecule has 2 spiro atoms. The van der Waals surface area contributed by atoms with Crippen molar-refractivity contribution in [3.8, 4) is 0 Å². The van der Waals surface area contributed by atoms with Gasteiger partial charge in [0, 0.05) is 62.6 Å². The summed E-state index contributed by atoms with van der Waals surface area (Å²) in [6, 6.07) is 0.485. The molecule has 0 atom stereocenters. The predicted molar refractivity (Wildman–Crippen MR) is 110 cm³/mol. The first-order valence-corrected chi connectivity index (χ1v) is 11.9. The number of hydrogen-bond acceptors (Lipinski definition) is 6. The lowest BCUT2D eigenvalue weighted by molar-refractivity contribution is -0.155. The van der Waals surface area contributed by atoms with E-state index in [1.807, 2.05) is 25.7 Å². The van der Waals surface area contributed by atoms with Crippen molar-refractivity contribution in [1.82, 2.24) is 34.4 Å². The van der Waals surface area contributed by atoms with E-state index >= 15 is 0 Å². The monoisotopic (exact) mass is 477 g/mol. The van der Waals surface area contributed by atoms with Crippen molar-refractivity contribution in [2.24, 2.45) is 10.8 Å². The molecule has 2 saturated carbocycles. The fraction of sp³-hybridized carbons (Fsp3) is 0.727. The van der Waals surface area contributed by atoms with Crippen molar-refractivity contribution in [3.63, 3.8) is 0 Å². The number of rotatable bonds is 4. The Bertz CT molecular complexity index is 1110. The molecular weight excluding hydrogens is 451 g/mol. The van der Waals surface area contributed by atoms with Crippen molar-refractivity contribution in [2.75, 3.05) is 39.3 Å². The third-order valence-corrected chi connectivity index (χ3v) is 8.22. The van der Waals surface area contributed by atoms with E-state index in [9.17, 15) is 18.0 Å². The van der Waals surface area contributed by atoms with Gasteiger partial charge in [0.15, 0.2) is 12.2 Å². The highest BCUT2D eigenvalue weighted by Crippen LogP contribution is 2.54. The van der Waals surface area contributed by atoms with E-state index in [2.05, 4.69) is 19.5 Å². The number of hydrogen-bond donors (Lipinski definition) is 0. The van der Waals surface area contributed by atoms with Gasteiger partial charge in [-0.2, -0.15) is 18.3 Å². The van der Waals surface area contributed by atoms with Gasteiger partial charge >= 0.3 is 12.2 Å². The highest BCUT2D eigenvalue weighted by molar-refractivity contribution is 5.77. The number of oxazole rings is 1. The molecule has 2 aromatic rings. The maximum absolute atomic E-state index is 13.0.